The van der Waals surface area contributed by atoms with Crippen LogP contribution in [0.3, 0.4) is 0 Å². The summed E-state index contributed by atoms with van der Waals surface area (Å²) in [6.45, 7) is 5.35. The molecule has 0 amide bonds. The Hall–Kier alpha value is -0.780. The molecule has 9 heteroatoms. The van der Waals surface area contributed by atoms with Gasteiger partial charge in [-0.3, -0.25) is 0 Å². The van der Waals surface area contributed by atoms with Crippen LogP contribution in [0.5, 0.6) is 0 Å². The Bertz CT molecular complexity index is 348. The summed E-state index contributed by atoms with van der Waals surface area (Å²) in [5.41, 5.74) is 0. The van der Waals surface area contributed by atoms with Gasteiger partial charge in [-0.15, -0.1) is 0 Å². The Morgan fingerprint density at radius 2 is 1.71 bits per heavy atom. The van der Waals surface area contributed by atoms with Crippen LogP contribution in [0.2, 0.25) is 0 Å². The summed E-state index contributed by atoms with van der Waals surface area (Å²) >= 11 is 0. The summed E-state index contributed by atoms with van der Waals surface area (Å²) in [7, 11) is -10.7. The molecule has 0 aliphatic carbocycles. The Kier molecular flexibility index (Phi) is 4.27. The van der Waals surface area contributed by atoms with Gasteiger partial charge in [0.1, 0.15) is 5.82 Å². The molecule has 1 aromatic heterocycles. The molecule has 1 aromatic rings. The quantitative estimate of drug-likeness (QED) is 0.530. The fourth-order valence-electron chi connectivity index (χ4n) is 0.969. The minimum Gasteiger partial charge on any atom is 1.00 e. The van der Waals surface area contributed by atoms with Gasteiger partial charge in [-0.1, -0.05) is 13.3 Å². The van der Waals surface area contributed by atoms with E-state index in [1.54, 1.807) is 0 Å². The van der Waals surface area contributed by atoms with E-state index in [9.17, 15) is 25.2 Å². The van der Waals surface area contributed by atoms with Gasteiger partial charge in [0, 0.05) is 18.9 Å². The molecule has 17 heavy (non-hydrogen) atoms. The zero-order valence-corrected chi connectivity index (χ0v) is 10.3. The van der Waals surface area contributed by atoms with Gasteiger partial charge >= 0.3 is 34.4 Å². The molecule has 1 rings (SSSR count). The predicted molar refractivity (Wildman–Crippen MR) is 56.6 cm³/mol. The topological polar surface area (TPSA) is 17.8 Å². The largest absolute Gasteiger partial charge is 1.00 e. The number of aromatic nitrogens is 2. The van der Waals surface area contributed by atoms with E-state index in [1.807, 2.05) is 19.3 Å². The van der Waals surface area contributed by atoms with E-state index in [1.165, 1.54) is 12.8 Å². The van der Waals surface area contributed by atoms with E-state index >= 15 is 0 Å². The number of aryl methyl sites for hydroxylation is 2. The second kappa shape index (κ2) is 4.48. The molecule has 104 valence electrons. The van der Waals surface area contributed by atoms with Gasteiger partial charge in [0.05, 0.1) is 0 Å². The van der Waals surface area contributed by atoms with Crippen molar-refractivity contribution in [3.63, 3.8) is 0 Å². The average Bonchev–Trinajstić information content (AvgIpc) is 2.42. The zero-order valence-electron chi connectivity index (χ0n) is 10.4. The van der Waals surface area contributed by atoms with Crippen LogP contribution in [-0.4, -0.2) is 9.55 Å². The normalized spacial score (nSPS) is 15.5. The van der Waals surface area contributed by atoms with Gasteiger partial charge in [0.25, 0.3) is 0 Å². The summed E-state index contributed by atoms with van der Waals surface area (Å²) < 4.78 is 61.4. The maximum Gasteiger partial charge on any atom is 1.00 e. The third kappa shape index (κ3) is 15.2. The molecule has 0 spiro atoms. The summed E-state index contributed by atoms with van der Waals surface area (Å²) in [5, 5.41) is 0. The number of hydrogen-bond donors (Lipinski definition) is 0. The molecule has 0 saturated carbocycles. The maximum absolute atomic E-state index is 10.7. The van der Waals surface area contributed by atoms with Crippen LogP contribution in [0, 0.1) is 6.92 Å². The molecule has 0 aliphatic heterocycles. The minimum absolute atomic E-state index is 0. The number of unbranched alkanes of at least 4 members (excludes halogenated alkanes) is 1. The van der Waals surface area contributed by atoms with Crippen molar-refractivity contribution in [1.29, 1.82) is 0 Å². The van der Waals surface area contributed by atoms with Crippen molar-refractivity contribution in [2.24, 2.45) is 0 Å². The number of rotatable bonds is 3. The van der Waals surface area contributed by atoms with Gasteiger partial charge < -0.3 is 4.57 Å². The molecule has 2 nitrogen and oxygen atoms in total. The molecule has 0 saturated heterocycles. The smallest absolute Gasteiger partial charge is 1.00 e. The maximum atomic E-state index is 9.87. The first-order chi connectivity index (χ1) is 7.29. The number of imidazole rings is 1. The minimum atomic E-state index is -10.7. The van der Waals surface area contributed by atoms with Gasteiger partial charge in [-0.25, -0.2) is 4.98 Å². The Morgan fingerprint density at radius 1 is 1.24 bits per heavy atom. The third-order valence-electron chi connectivity index (χ3n) is 1.68. The van der Waals surface area contributed by atoms with Crippen LogP contribution < -0.4 is 0 Å². The molecule has 0 unspecified atom stereocenters. The van der Waals surface area contributed by atoms with E-state index in [-0.39, 0.29) is 1.43 Å². The Balaban J connectivity index is 0. The van der Waals surface area contributed by atoms with Gasteiger partial charge in [0.2, 0.25) is 0 Å². The standard InChI is InChI=1S/C8H14N2.F6P/c1-3-4-6-10-7-5-9-8(10)2;1-7(2,3,4,5)6/h5,7H,3-4,6H2,1-2H3;/q;-1/p+1. The van der Waals surface area contributed by atoms with Crippen molar-refractivity contribution >= 4 is 7.81 Å². The van der Waals surface area contributed by atoms with E-state index in [2.05, 4.69) is 16.5 Å². The van der Waals surface area contributed by atoms with Crippen molar-refractivity contribution in [2.75, 3.05) is 0 Å². The van der Waals surface area contributed by atoms with E-state index in [4.69, 9.17) is 0 Å². The molecular formula is C8H15F6N2P. The van der Waals surface area contributed by atoms with Gasteiger partial charge in [0.15, 0.2) is 0 Å². The van der Waals surface area contributed by atoms with Crippen LogP contribution in [0.1, 0.15) is 27.0 Å². The molecule has 0 N–H and O–H groups in total. The second-order valence-corrected chi connectivity index (χ2v) is 5.40. The monoisotopic (exact) mass is 284 g/mol. The van der Waals surface area contributed by atoms with Crippen molar-refractivity contribution in [2.45, 2.75) is 33.2 Å². The van der Waals surface area contributed by atoms with Crippen LogP contribution in [0.15, 0.2) is 12.4 Å². The first-order valence-corrected chi connectivity index (χ1v) is 6.86. The molecule has 0 aliphatic rings. The van der Waals surface area contributed by atoms with Crippen molar-refractivity contribution in [1.82, 2.24) is 9.55 Å². The third-order valence-corrected chi connectivity index (χ3v) is 1.68. The predicted octanol–water partition coefficient (Wildman–Crippen LogP) is 5.49. The second-order valence-electron chi connectivity index (χ2n) is 3.48. The number of halogens is 6. The summed E-state index contributed by atoms with van der Waals surface area (Å²) in [6, 6.07) is 0. The van der Waals surface area contributed by atoms with Crippen LogP contribution in [0.25, 0.3) is 0 Å². The average molecular weight is 284 g/mol. The van der Waals surface area contributed by atoms with Crippen molar-refractivity contribution < 1.29 is 26.6 Å². The molecule has 1 heterocycles. The summed E-state index contributed by atoms with van der Waals surface area (Å²) in [5.74, 6) is 1.12. The van der Waals surface area contributed by atoms with Gasteiger partial charge in [-0.2, -0.15) is 0 Å². The molecule has 0 bridgehead atoms. The van der Waals surface area contributed by atoms with Crippen molar-refractivity contribution in [3.05, 3.63) is 18.2 Å². The van der Waals surface area contributed by atoms with Crippen LogP contribution >= 0.6 is 7.81 Å². The summed E-state index contributed by atoms with van der Waals surface area (Å²) in [6.07, 6.45) is 6.38. The number of nitrogens with zero attached hydrogens (tertiary/aromatic N) is 2. The molecule has 0 aromatic carbocycles. The van der Waals surface area contributed by atoms with E-state index in [0.717, 1.165) is 12.4 Å². The molecule has 0 fully saturated rings. The van der Waals surface area contributed by atoms with E-state index < -0.39 is 7.81 Å². The fraction of sp³-hybridized carbons (Fsp3) is 0.625. The zero-order chi connectivity index (χ0) is 13.8. The molecular weight excluding hydrogens is 269 g/mol. The molecule has 0 radical (unpaired) electrons. The van der Waals surface area contributed by atoms with Crippen LogP contribution in [-0.2, 0) is 6.54 Å². The Morgan fingerprint density at radius 3 is 2.00 bits per heavy atom. The van der Waals surface area contributed by atoms with E-state index in [0.29, 0.717) is 0 Å². The number of hydrogen-bond acceptors (Lipinski definition) is 1. The first kappa shape index (κ1) is 16.2. The van der Waals surface area contributed by atoms with Gasteiger partial charge in [-0.05, 0) is 13.3 Å². The Labute approximate surface area is 96.4 Å². The van der Waals surface area contributed by atoms with Crippen molar-refractivity contribution in [3.8, 4) is 0 Å². The SMILES string of the molecule is CCCCn1ccnc1C.F[P-](F)(F)(F)(F)F.[H+]. The molecule has 0 atom stereocenters. The fourth-order valence-corrected chi connectivity index (χ4v) is 0.969. The van der Waals surface area contributed by atoms with Crippen LogP contribution in [0.4, 0.5) is 25.2 Å². The first-order valence-electron chi connectivity index (χ1n) is 4.83. The summed E-state index contributed by atoms with van der Waals surface area (Å²) in [4.78, 5) is 4.13.